The highest BCUT2D eigenvalue weighted by atomic mass is 35.5. The maximum absolute atomic E-state index is 13.6. The maximum atomic E-state index is 13.6. The molecule has 0 radical (unpaired) electrons. The highest BCUT2D eigenvalue weighted by Crippen LogP contribution is 2.50. The molecule has 0 aliphatic heterocycles. The van der Waals surface area contributed by atoms with Gasteiger partial charge in [0.1, 0.15) is 23.1 Å². The van der Waals surface area contributed by atoms with Crippen molar-refractivity contribution in [3.8, 4) is 5.75 Å². The van der Waals surface area contributed by atoms with Crippen LogP contribution in [0.1, 0.15) is 49.5 Å². The molecule has 0 saturated heterocycles. The van der Waals surface area contributed by atoms with Crippen LogP contribution in [0, 0.1) is 17.6 Å². The molecule has 3 aliphatic rings. The fourth-order valence-corrected chi connectivity index (χ4v) is 5.63. The van der Waals surface area contributed by atoms with E-state index in [2.05, 4.69) is 27.5 Å². The number of hydrogen-bond acceptors (Lipinski definition) is 5. The average molecular weight is 515 g/mol. The van der Waals surface area contributed by atoms with E-state index < -0.39 is 17.2 Å². The number of hydrogen-bond donors (Lipinski definition) is 2. The minimum Gasteiger partial charge on any atom is -0.484 e. The summed E-state index contributed by atoms with van der Waals surface area (Å²) in [4.78, 5) is 34.2. The van der Waals surface area contributed by atoms with Gasteiger partial charge in [-0.1, -0.05) is 18.5 Å². The third kappa shape index (κ3) is 4.72. The summed E-state index contributed by atoms with van der Waals surface area (Å²) in [6.07, 6.45) is 4.90. The van der Waals surface area contributed by atoms with Gasteiger partial charge < -0.3 is 15.4 Å². The molecular formula is C26H25ClF2N4O3. The molecule has 3 fully saturated rings. The molecule has 1 atom stereocenters. The smallest absolute Gasteiger partial charge is 0.271 e. The van der Waals surface area contributed by atoms with Gasteiger partial charge in [0.05, 0.1) is 22.3 Å². The third-order valence-corrected chi connectivity index (χ3v) is 7.81. The molecule has 2 bridgehead atoms. The Morgan fingerprint density at radius 1 is 1.08 bits per heavy atom. The van der Waals surface area contributed by atoms with Gasteiger partial charge in [0.2, 0.25) is 0 Å². The first-order valence-electron chi connectivity index (χ1n) is 11.8. The van der Waals surface area contributed by atoms with Gasteiger partial charge >= 0.3 is 0 Å². The number of carbonyl (C=O) groups is 2. The van der Waals surface area contributed by atoms with Crippen LogP contribution in [0.4, 0.5) is 8.78 Å². The van der Waals surface area contributed by atoms with Crippen molar-refractivity contribution in [2.24, 2.45) is 5.92 Å². The lowest BCUT2D eigenvalue weighted by Gasteiger charge is -2.57. The summed E-state index contributed by atoms with van der Waals surface area (Å²) in [5, 5.41) is 6.30. The number of nitrogens with zero attached hydrogens (tertiary/aromatic N) is 2. The monoisotopic (exact) mass is 514 g/mol. The Kier molecular flexibility index (Phi) is 6.28. The van der Waals surface area contributed by atoms with Gasteiger partial charge in [-0.2, -0.15) is 0 Å². The van der Waals surface area contributed by atoms with E-state index >= 15 is 0 Å². The first-order chi connectivity index (χ1) is 17.2. The zero-order chi connectivity index (χ0) is 25.5. The summed E-state index contributed by atoms with van der Waals surface area (Å²) in [7, 11) is 0. The summed E-state index contributed by atoms with van der Waals surface area (Å²) in [6, 6.07) is 8.10. The molecule has 188 valence electrons. The van der Waals surface area contributed by atoms with Gasteiger partial charge in [0, 0.05) is 23.2 Å². The van der Waals surface area contributed by atoms with Crippen molar-refractivity contribution in [1.29, 1.82) is 0 Å². The number of aromatic nitrogens is 2. The second kappa shape index (κ2) is 9.28. The van der Waals surface area contributed by atoms with Crippen molar-refractivity contribution in [3.05, 3.63) is 64.9 Å². The normalized spacial score (nSPS) is 24.9. The van der Waals surface area contributed by atoms with E-state index in [9.17, 15) is 18.4 Å². The van der Waals surface area contributed by atoms with Crippen LogP contribution in [-0.4, -0.2) is 39.5 Å². The Hall–Kier alpha value is -3.33. The van der Waals surface area contributed by atoms with E-state index in [-0.39, 0.29) is 46.3 Å². The first kappa shape index (κ1) is 24.4. The molecule has 2 aromatic carbocycles. The fourth-order valence-electron chi connectivity index (χ4n) is 5.51. The second-order valence-corrected chi connectivity index (χ2v) is 10.2. The summed E-state index contributed by atoms with van der Waals surface area (Å²) < 4.78 is 32.4. The highest BCUT2D eigenvalue weighted by molar-refractivity contribution is 6.30. The molecule has 1 heterocycles. The van der Waals surface area contributed by atoms with E-state index in [1.54, 1.807) is 0 Å². The topological polar surface area (TPSA) is 93.2 Å². The van der Waals surface area contributed by atoms with E-state index in [1.807, 2.05) is 0 Å². The molecule has 3 aliphatic carbocycles. The average Bonchev–Trinajstić information content (AvgIpc) is 2.85. The Labute approximate surface area is 211 Å². The van der Waals surface area contributed by atoms with Crippen molar-refractivity contribution in [2.45, 2.75) is 50.1 Å². The minimum absolute atomic E-state index is 0.0114. The van der Waals surface area contributed by atoms with E-state index in [0.29, 0.717) is 43.1 Å². The van der Waals surface area contributed by atoms with Crippen LogP contribution in [0.25, 0.3) is 11.0 Å². The number of fused-ring (bicyclic) bond motifs is 4. The predicted molar refractivity (Wildman–Crippen MR) is 130 cm³/mol. The lowest BCUT2D eigenvalue weighted by atomic mass is 9.56. The largest absolute Gasteiger partial charge is 0.484 e. The molecule has 6 rings (SSSR count). The Bertz CT molecular complexity index is 1340. The molecule has 36 heavy (non-hydrogen) atoms. The summed E-state index contributed by atoms with van der Waals surface area (Å²) in [6.45, 7) is 1.84. The number of rotatable bonds is 6. The highest BCUT2D eigenvalue weighted by Gasteiger charge is 2.54. The molecule has 3 saturated carbocycles. The minimum atomic E-state index is -0.608. The van der Waals surface area contributed by atoms with Crippen LogP contribution < -0.4 is 15.4 Å². The molecule has 7 nitrogen and oxygen atoms in total. The Morgan fingerprint density at radius 2 is 1.86 bits per heavy atom. The van der Waals surface area contributed by atoms with Crippen LogP contribution in [0.15, 0.2) is 42.6 Å². The van der Waals surface area contributed by atoms with Crippen LogP contribution in [-0.2, 0) is 4.79 Å². The molecule has 3 aromatic rings. The zero-order valence-corrected chi connectivity index (χ0v) is 20.4. The fraction of sp³-hybridized carbons (Fsp3) is 0.385. The van der Waals surface area contributed by atoms with Crippen molar-refractivity contribution in [3.63, 3.8) is 0 Å². The van der Waals surface area contributed by atoms with Crippen LogP contribution in [0.3, 0.4) is 0 Å². The zero-order valence-electron chi connectivity index (χ0n) is 19.6. The molecule has 0 spiro atoms. The van der Waals surface area contributed by atoms with Crippen molar-refractivity contribution >= 4 is 34.4 Å². The number of amides is 2. The molecule has 0 unspecified atom stereocenters. The summed E-state index contributed by atoms with van der Waals surface area (Å²) in [5.41, 5.74) is 0.249. The van der Waals surface area contributed by atoms with E-state index in [1.165, 1.54) is 36.5 Å². The Morgan fingerprint density at radius 3 is 2.58 bits per heavy atom. The lowest BCUT2D eigenvalue weighted by Crippen LogP contribution is -2.67. The van der Waals surface area contributed by atoms with E-state index in [4.69, 9.17) is 16.3 Å². The van der Waals surface area contributed by atoms with Gasteiger partial charge in [0.15, 0.2) is 6.61 Å². The van der Waals surface area contributed by atoms with Gasteiger partial charge in [-0.25, -0.2) is 13.8 Å². The predicted octanol–water partition coefficient (Wildman–Crippen LogP) is 4.58. The number of carbonyl (C=O) groups excluding carboxylic acids is 2. The SMILES string of the molecule is C[C@H]1CC2(NC(=O)COc3ccc(Cl)c(F)c3)CCC1(NC(=O)c1cnc3cc(F)ccc3n1)CC2. The van der Waals surface area contributed by atoms with Crippen LogP contribution in [0.5, 0.6) is 5.75 Å². The molecule has 2 amide bonds. The van der Waals surface area contributed by atoms with Crippen LogP contribution >= 0.6 is 11.6 Å². The van der Waals surface area contributed by atoms with Crippen LogP contribution in [0.2, 0.25) is 5.02 Å². The van der Waals surface area contributed by atoms with Crippen molar-refractivity contribution in [1.82, 2.24) is 20.6 Å². The number of benzene rings is 2. The summed E-state index contributed by atoms with van der Waals surface area (Å²) >= 11 is 5.68. The molecular weight excluding hydrogens is 490 g/mol. The third-order valence-electron chi connectivity index (χ3n) is 7.50. The molecule has 10 heteroatoms. The van der Waals surface area contributed by atoms with E-state index in [0.717, 1.165) is 6.07 Å². The second-order valence-electron chi connectivity index (χ2n) is 9.80. The van der Waals surface area contributed by atoms with Crippen molar-refractivity contribution in [2.75, 3.05) is 6.61 Å². The van der Waals surface area contributed by atoms with Gasteiger partial charge in [-0.05, 0) is 62.3 Å². The number of halogens is 3. The number of nitrogens with one attached hydrogen (secondary N) is 2. The molecule has 2 N–H and O–H groups in total. The lowest BCUT2D eigenvalue weighted by molar-refractivity contribution is -0.127. The standard InChI is InChI=1S/C26H25ClF2N4O3/c1-15-12-25(32-23(34)14-36-17-3-4-18(27)19(29)11-17)6-8-26(15,9-7-25)33-24(35)22-13-30-21-10-16(28)2-5-20(21)31-22/h2-5,10-11,13,15H,6-9,12,14H2,1H3,(H,32,34)(H,33,35)/t15-,25?,26?/m0/s1. The molecule has 1 aromatic heterocycles. The Balaban J connectivity index is 1.20. The van der Waals surface area contributed by atoms with Gasteiger partial charge in [-0.3, -0.25) is 14.6 Å². The maximum Gasteiger partial charge on any atom is 0.271 e. The van der Waals surface area contributed by atoms with Gasteiger partial charge in [-0.15, -0.1) is 0 Å². The number of ether oxygens (including phenoxy) is 1. The van der Waals surface area contributed by atoms with Crippen molar-refractivity contribution < 1.29 is 23.1 Å². The van der Waals surface area contributed by atoms with Gasteiger partial charge in [0.25, 0.3) is 11.8 Å². The first-order valence-corrected chi connectivity index (χ1v) is 12.2. The summed E-state index contributed by atoms with van der Waals surface area (Å²) in [5.74, 6) is -1.27. The quantitative estimate of drug-likeness (QED) is 0.502.